The minimum absolute atomic E-state index is 0.198. The normalized spacial score (nSPS) is 25.6. The predicted octanol–water partition coefficient (Wildman–Crippen LogP) is 2.14. The predicted molar refractivity (Wildman–Crippen MR) is 77.7 cm³/mol. The molecule has 1 N–H and O–H groups in total. The fraction of sp³-hybridized carbons (Fsp3) is 0.562. The summed E-state index contributed by atoms with van der Waals surface area (Å²) in [6.45, 7) is 4.95. The zero-order chi connectivity index (χ0) is 14.8. The van der Waals surface area contributed by atoms with E-state index in [1.54, 1.807) is 0 Å². The van der Waals surface area contributed by atoms with Crippen LogP contribution in [-0.2, 0) is 11.3 Å². The van der Waals surface area contributed by atoms with Crippen LogP contribution in [0.4, 0.5) is 0 Å². The highest BCUT2D eigenvalue weighted by Crippen LogP contribution is 2.32. The van der Waals surface area contributed by atoms with Crippen LogP contribution in [0.2, 0.25) is 0 Å². The quantitative estimate of drug-likeness (QED) is 0.924. The van der Waals surface area contributed by atoms with Crippen molar-refractivity contribution in [3.63, 3.8) is 0 Å². The zero-order valence-corrected chi connectivity index (χ0v) is 12.2. The lowest BCUT2D eigenvalue weighted by molar-refractivity contribution is -0.144. The maximum absolute atomic E-state index is 11.1. The van der Waals surface area contributed by atoms with E-state index in [1.807, 2.05) is 12.1 Å². The molecule has 2 heterocycles. The van der Waals surface area contributed by atoms with Gasteiger partial charge in [-0.05, 0) is 44.0 Å². The van der Waals surface area contributed by atoms with Crippen LogP contribution >= 0.6 is 0 Å². The molecule has 0 aromatic heterocycles. The number of likely N-dealkylation sites (tertiary alicyclic amines) is 1. The second-order valence-corrected chi connectivity index (χ2v) is 5.86. The second-order valence-electron chi connectivity index (χ2n) is 5.86. The maximum Gasteiger partial charge on any atom is 0.306 e. The maximum atomic E-state index is 11.1. The molecule has 5 nitrogen and oxygen atoms in total. The molecule has 0 saturated carbocycles. The summed E-state index contributed by atoms with van der Waals surface area (Å²) in [5, 5.41) is 9.12. The summed E-state index contributed by atoms with van der Waals surface area (Å²) in [6.07, 6.45) is 1.45. The lowest BCUT2D eigenvalue weighted by Crippen LogP contribution is -2.42. The first-order valence-corrected chi connectivity index (χ1v) is 7.49. The molecule has 2 aliphatic rings. The number of carboxylic acid groups (broad SMARTS) is 1. The van der Waals surface area contributed by atoms with Gasteiger partial charge in [0.1, 0.15) is 13.2 Å². The third-order valence-corrected chi connectivity index (χ3v) is 4.36. The first-order valence-electron chi connectivity index (χ1n) is 7.49. The summed E-state index contributed by atoms with van der Waals surface area (Å²) in [7, 11) is 0. The lowest BCUT2D eigenvalue weighted by atomic mass is 9.91. The Morgan fingerprint density at radius 2 is 2.10 bits per heavy atom. The Bertz CT molecular complexity index is 531. The molecule has 0 spiro atoms. The second kappa shape index (κ2) is 5.93. The highest BCUT2D eigenvalue weighted by atomic mass is 16.6. The summed E-state index contributed by atoms with van der Waals surface area (Å²) >= 11 is 0. The van der Waals surface area contributed by atoms with E-state index >= 15 is 0 Å². The Kier molecular flexibility index (Phi) is 4.01. The molecule has 5 heteroatoms. The third-order valence-electron chi connectivity index (χ3n) is 4.36. The molecule has 3 rings (SSSR count). The van der Waals surface area contributed by atoms with Gasteiger partial charge < -0.3 is 14.6 Å². The Morgan fingerprint density at radius 3 is 2.81 bits per heavy atom. The highest BCUT2D eigenvalue weighted by Gasteiger charge is 2.29. The van der Waals surface area contributed by atoms with E-state index in [-0.39, 0.29) is 12.0 Å². The number of fused-ring (bicyclic) bond motifs is 1. The molecule has 0 aliphatic carbocycles. The first kappa shape index (κ1) is 14.2. The van der Waals surface area contributed by atoms with Crippen LogP contribution in [0.1, 0.15) is 25.3 Å². The number of hydrogen-bond acceptors (Lipinski definition) is 4. The average molecular weight is 291 g/mol. The number of carbonyl (C=O) groups is 1. The number of ether oxygens (including phenoxy) is 2. The molecule has 21 heavy (non-hydrogen) atoms. The van der Waals surface area contributed by atoms with Gasteiger partial charge in [-0.1, -0.05) is 6.07 Å². The van der Waals surface area contributed by atoms with E-state index in [4.69, 9.17) is 14.6 Å². The van der Waals surface area contributed by atoms with Crippen LogP contribution in [0.25, 0.3) is 0 Å². The van der Waals surface area contributed by atoms with Crippen molar-refractivity contribution < 1.29 is 19.4 Å². The summed E-state index contributed by atoms with van der Waals surface area (Å²) in [5.74, 6) is 0.756. The number of nitrogens with zero attached hydrogens (tertiary/aromatic N) is 1. The van der Waals surface area contributed by atoms with Crippen LogP contribution in [0.15, 0.2) is 18.2 Å². The van der Waals surface area contributed by atoms with Crippen molar-refractivity contribution in [1.82, 2.24) is 4.90 Å². The fourth-order valence-corrected chi connectivity index (χ4v) is 3.10. The van der Waals surface area contributed by atoms with Gasteiger partial charge in [-0.15, -0.1) is 0 Å². The topological polar surface area (TPSA) is 59.0 Å². The van der Waals surface area contributed by atoms with E-state index in [2.05, 4.69) is 17.9 Å². The number of piperidine rings is 1. The van der Waals surface area contributed by atoms with Gasteiger partial charge in [-0.3, -0.25) is 9.69 Å². The van der Waals surface area contributed by atoms with Gasteiger partial charge in [0.15, 0.2) is 11.5 Å². The molecule has 0 bridgehead atoms. The van der Waals surface area contributed by atoms with Crippen molar-refractivity contribution in [2.75, 3.05) is 19.8 Å². The van der Waals surface area contributed by atoms with Crippen LogP contribution in [0.3, 0.4) is 0 Å². The number of aliphatic carboxylic acids is 1. The Hall–Kier alpha value is -1.75. The fourth-order valence-electron chi connectivity index (χ4n) is 3.10. The third kappa shape index (κ3) is 3.13. The molecule has 1 fully saturated rings. The van der Waals surface area contributed by atoms with Crippen molar-refractivity contribution >= 4 is 5.97 Å². The summed E-state index contributed by atoms with van der Waals surface area (Å²) in [4.78, 5) is 13.4. The molecule has 1 aromatic carbocycles. The molecule has 0 amide bonds. The van der Waals surface area contributed by atoms with Crippen molar-refractivity contribution in [3.05, 3.63) is 23.8 Å². The molecule has 2 atom stereocenters. The van der Waals surface area contributed by atoms with Crippen LogP contribution in [0, 0.1) is 5.92 Å². The number of benzene rings is 1. The number of hydrogen-bond donors (Lipinski definition) is 1. The van der Waals surface area contributed by atoms with Gasteiger partial charge in [-0.2, -0.15) is 0 Å². The van der Waals surface area contributed by atoms with Crippen molar-refractivity contribution in [1.29, 1.82) is 0 Å². The minimum atomic E-state index is -0.666. The van der Waals surface area contributed by atoms with Crippen LogP contribution in [-0.4, -0.2) is 41.8 Å². The van der Waals surface area contributed by atoms with E-state index in [9.17, 15) is 4.79 Å². The molecule has 2 unspecified atom stereocenters. The van der Waals surface area contributed by atoms with Gasteiger partial charge in [0.05, 0.1) is 5.92 Å². The molecule has 2 aliphatic heterocycles. The van der Waals surface area contributed by atoms with Crippen LogP contribution < -0.4 is 9.47 Å². The van der Waals surface area contributed by atoms with Gasteiger partial charge in [0.2, 0.25) is 0 Å². The van der Waals surface area contributed by atoms with E-state index < -0.39 is 5.97 Å². The van der Waals surface area contributed by atoms with Gasteiger partial charge in [-0.25, -0.2) is 0 Å². The van der Waals surface area contributed by atoms with Crippen molar-refractivity contribution in [2.24, 2.45) is 5.92 Å². The van der Waals surface area contributed by atoms with Crippen molar-refractivity contribution in [2.45, 2.75) is 32.4 Å². The Labute approximate surface area is 124 Å². The monoisotopic (exact) mass is 291 g/mol. The number of rotatable bonds is 3. The van der Waals surface area contributed by atoms with Crippen molar-refractivity contribution in [3.8, 4) is 11.5 Å². The summed E-state index contributed by atoms with van der Waals surface area (Å²) in [6, 6.07) is 6.33. The summed E-state index contributed by atoms with van der Waals surface area (Å²) < 4.78 is 11.1. The largest absolute Gasteiger partial charge is 0.486 e. The highest BCUT2D eigenvalue weighted by molar-refractivity contribution is 5.70. The molecular formula is C16H21NO4. The standard InChI is InChI=1S/C16H21NO4/c1-11-8-13(16(18)19)4-5-17(11)10-12-2-3-14-15(9-12)21-7-6-20-14/h2-3,9,11,13H,4-8,10H2,1H3,(H,18,19). The van der Waals surface area contributed by atoms with E-state index in [0.717, 1.165) is 37.4 Å². The number of carboxylic acids is 1. The smallest absolute Gasteiger partial charge is 0.306 e. The Morgan fingerprint density at radius 1 is 1.33 bits per heavy atom. The molecule has 1 saturated heterocycles. The van der Waals surface area contributed by atoms with Gasteiger partial charge in [0.25, 0.3) is 0 Å². The minimum Gasteiger partial charge on any atom is -0.486 e. The molecule has 1 aromatic rings. The molecule has 114 valence electrons. The van der Waals surface area contributed by atoms with Crippen LogP contribution in [0.5, 0.6) is 11.5 Å². The van der Waals surface area contributed by atoms with E-state index in [1.165, 1.54) is 5.56 Å². The Balaban J connectivity index is 1.65. The van der Waals surface area contributed by atoms with E-state index in [0.29, 0.717) is 13.2 Å². The zero-order valence-electron chi connectivity index (χ0n) is 12.2. The molecular weight excluding hydrogens is 270 g/mol. The lowest BCUT2D eigenvalue weighted by Gasteiger charge is -2.36. The average Bonchev–Trinajstić information content (AvgIpc) is 2.49. The van der Waals surface area contributed by atoms with Gasteiger partial charge in [0, 0.05) is 12.6 Å². The molecule has 0 radical (unpaired) electrons. The SMILES string of the molecule is CC1CC(C(=O)O)CCN1Cc1ccc2c(c1)OCCO2. The van der Waals surface area contributed by atoms with Gasteiger partial charge >= 0.3 is 5.97 Å². The summed E-state index contributed by atoms with van der Waals surface area (Å²) in [5.41, 5.74) is 1.18. The first-order chi connectivity index (χ1) is 10.1.